The summed E-state index contributed by atoms with van der Waals surface area (Å²) in [5.74, 6) is -0.783. The fourth-order valence-corrected chi connectivity index (χ4v) is 6.59. The SMILES string of the molecule is O=C(COc1ccc(Cl)c(F)c1)NC1CC[C]([Tl])(NC(=O)c2nc3cc(Cl)ccc3s2)CC1. The number of aromatic nitrogens is 1. The number of halogens is 3. The number of carbonyl (C=O) groups excluding carboxylic acids is 2. The number of fused-ring (bicyclic) bond motifs is 1. The Hall–Kier alpha value is -1.50. The van der Waals surface area contributed by atoms with Crippen LogP contribution in [-0.4, -0.2) is 58.3 Å². The molecule has 6 nitrogen and oxygen atoms in total. The van der Waals surface area contributed by atoms with E-state index in [2.05, 4.69) is 15.6 Å². The van der Waals surface area contributed by atoms with Crippen molar-refractivity contribution >= 4 is 82.3 Å². The number of thiazole rings is 1. The van der Waals surface area contributed by atoms with Crippen molar-refractivity contribution in [2.75, 3.05) is 6.61 Å². The van der Waals surface area contributed by atoms with Crippen LogP contribution in [0.1, 0.15) is 35.5 Å². The normalized spacial score (nSPS) is 20.4. The zero-order valence-electron chi connectivity index (χ0n) is 17.4. The van der Waals surface area contributed by atoms with Crippen LogP contribution in [0, 0.1) is 5.82 Å². The molecule has 1 heterocycles. The van der Waals surface area contributed by atoms with Gasteiger partial charge in [0.1, 0.15) is 0 Å². The molecule has 2 N–H and O–H groups in total. The summed E-state index contributed by atoms with van der Waals surface area (Å²) in [5.41, 5.74) is 0.720. The molecule has 0 bridgehead atoms. The van der Waals surface area contributed by atoms with E-state index in [0.29, 0.717) is 35.8 Å². The first-order chi connectivity index (χ1) is 15.7. The number of carbonyl (C=O) groups is 2. The first-order valence-corrected chi connectivity index (χ1v) is 14.1. The average molecular weight is 700 g/mol. The van der Waals surface area contributed by atoms with Gasteiger partial charge in [0.05, 0.1) is 0 Å². The van der Waals surface area contributed by atoms with Crippen LogP contribution in [0.4, 0.5) is 4.39 Å². The molecule has 1 aromatic heterocycles. The van der Waals surface area contributed by atoms with Crippen LogP contribution < -0.4 is 15.4 Å². The molecule has 170 valence electrons. The number of ether oxygens (including phenoxy) is 1. The summed E-state index contributed by atoms with van der Waals surface area (Å²) in [4.78, 5) is 29.5. The Bertz CT molecular complexity index is 1200. The van der Waals surface area contributed by atoms with Gasteiger partial charge in [-0.3, -0.25) is 0 Å². The molecule has 2 aromatic carbocycles. The molecule has 11 heteroatoms. The zero-order chi connectivity index (χ0) is 23.6. The van der Waals surface area contributed by atoms with E-state index >= 15 is 0 Å². The Morgan fingerprint density at radius 3 is 2.70 bits per heavy atom. The number of amides is 2. The summed E-state index contributed by atoms with van der Waals surface area (Å²) in [6.07, 6.45) is 3.09. The van der Waals surface area contributed by atoms with Gasteiger partial charge in [-0.05, 0) is 0 Å². The molecule has 4 rings (SSSR count). The molecular formula is C22H19Cl2FN3O3STl. The first kappa shape index (κ1) is 24.6. The molecule has 3 aromatic rings. The maximum absolute atomic E-state index is 13.5. The fourth-order valence-electron chi connectivity index (χ4n) is 3.66. The fraction of sp³-hybridized carbons (Fsp3) is 0.318. The molecule has 0 unspecified atom stereocenters. The Morgan fingerprint density at radius 1 is 1.21 bits per heavy atom. The number of rotatable bonds is 6. The number of hydrogen-bond donors (Lipinski definition) is 2. The van der Waals surface area contributed by atoms with Gasteiger partial charge < -0.3 is 0 Å². The van der Waals surface area contributed by atoms with Gasteiger partial charge >= 0.3 is 210 Å². The summed E-state index contributed by atoms with van der Waals surface area (Å²) in [6.45, 7) is -0.205. The van der Waals surface area contributed by atoms with Gasteiger partial charge in [-0.15, -0.1) is 0 Å². The van der Waals surface area contributed by atoms with Gasteiger partial charge in [-0.1, -0.05) is 11.6 Å². The first-order valence-electron chi connectivity index (χ1n) is 10.3. The standard InChI is InChI=1S/C22H19Cl2FN3O3S.Tl/c23-12-1-8-19-18(9-12)28-22(32-19)21(30)27-14-4-2-13(3-5-14)26-20(29)11-31-15-6-7-16(24)17(25)10-15;/h1,6-10,13H,2-5,11H2,(H,26,29)(H,27,30);. The van der Waals surface area contributed by atoms with Crippen molar-refractivity contribution < 1.29 is 18.7 Å². The van der Waals surface area contributed by atoms with E-state index in [1.165, 1.54) is 23.5 Å². The minimum atomic E-state index is -0.595. The van der Waals surface area contributed by atoms with Crippen molar-refractivity contribution in [2.24, 2.45) is 0 Å². The van der Waals surface area contributed by atoms with Crippen LogP contribution in [0.25, 0.3) is 10.2 Å². The van der Waals surface area contributed by atoms with Crippen molar-refractivity contribution in [1.82, 2.24) is 15.6 Å². The molecule has 1 aliphatic rings. The third-order valence-electron chi connectivity index (χ3n) is 5.41. The summed E-state index contributed by atoms with van der Waals surface area (Å²) in [6, 6.07) is 9.46. The van der Waals surface area contributed by atoms with Crippen molar-refractivity contribution in [3.8, 4) is 5.75 Å². The topological polar surface area (TPSA) is 80.3 Å². The van der Waals surface area contributed by atoms with Gasteiger partial charge in [0, 0.05) is 0 Å². The predicted octanol–water partition coefficient (Wildman–Crippen LogP) is 4.47. The summed E-state index contributed by atoms with van der Waals surface area (Å²) >= 11 is 13.5. The third-order valence-corrected chi connectivity index (χ3v) is 9.79. The van der Waals surface area contributed by atoms with Crippen molar-refractivity contribution in [1.29, 1.82) is 0 Å². The average Bonchev–Trinajstić information content (AvgIpc) is 3.20. The molecule has 0 atom stereocenters. The Kier molecular flexibility index (Phi) is 7.77. The second-order valence-corrected chi connectivity index (χ2v) is 14.1. The van der Waals surface area contributed by atoms with Crippen LogP contribution in [0.2, 0.25) is 10.0 Å². The van der Waals surface area contributed by atoms with Gasteiger partial charge in [0.25, 0.3) is 0 Å². The molecule has 1 saturated carbocycles. The molecular weight excluding hydrogens is 681 g/mol. The summed E-state index contributed by atoms with van der Waals surface area (Å²) in [7, 11) is 0. The number of benzene rings is 2. The van der Waals surface area contributed by atoms with Gasteiger partial charge in [0.2, 0.25) is 0 Å². The second-order valence-electron chi connectivity index (χ2n) is 7.95. The second kappa shape index (κ2) is 10.4. The molecule has 1 fully saturated rings. The monoisotopic (exact) mass is 699 g/mol. The van der Waals surface area contributed by atoms with Crippen LogP contribution in [0.5, 0.6) is 5.75 Å². The quantitative estimate of drug-likeness (QED) is 0.373. The maximum atomic E-state index is 13.5. The number of nitrogens with zero attached hydrogens (tertiary/aromatic N) is 1. The van der Waals surface area contributed by atoms with Crippen LogP contribution >= 0.6 is 34.5 Å². The molecule has 33 heavy (non-hydrogen) atoms. The van der Waals surface area contributed by atoms with Crippen molar-refractivity contribution in [3.63, 3.8) is 0 Å². The van der Waals surface area contributed by atoms with E-state index < -0.39 is 5.82 Å². The third kappa shape index (κ3) is 6.34. The van der Waals surface area contributed by atoms with E-state index in [1.54, 1.807) is 12.1 Å². The number of nitrogens with one attached hydrogen (secondary N) is 2. The molecule has 0 radical (unpaired) electrons. The van der Waals surface area contributed by atoms with Crippen LogP contribution in [0.15, 0.2) is 36.4 Å². The molecule has 0 saturated heterocycles. The Balaban J connectivity index is 1.25. The minimum absolute atomic E-state index is 0.000870. The van der Waals surface area contributed by atoms with E-state index in [0.717, 1.165) is 42.0 Å². The summed E-state index contributed by atoms with van der Waals surface area (Å²) < 4.78 is 19.5. The Morgan fingerprint density at radius 2 is 1.97 bits per heavy atom. The van der Waals surface area contributed by atoms with Crippen LogP contribution in [0.3, 0.4) is 0 Å². The van der Waals surface area contributed by atoms with Crippen LogP contribution in [-0.2, 0) is 4.79 Å². The molecule has 0 aliphatic heterocycles. The van der Waals surface area contributed by atoms with E-state index in [1.807, 2.05) is 6.07 Å². The van der Waals surface area contributed by atoms with E-state index in [4.69, 9.17) is 27.9 Å². The molecule has 0 spiro atoms. The van der Waals surface area contributed by atoms with Gasteiger partial charge in [-0.25, -0.2) is 0 Å². The molecule has 1 aliphatic carbocycles. The van der Waals surface area contributed by atoms with E-state index in [9.17, 15) is 14.0 Å². The molecule has 2 amide bonds. The number of hydrogen-bond acceptors (Lipinski definition) is 5. The van der Waals surface area contributed by atoms with Gasteiger partial charge in [0.15, 0.2) is 0 Å². The predicted molar refractivity (Wildman–Crippen MR) is 128 cm³/mol. The van der Waals surface area contributed by atoms with E-state index in [-0.39, 0.29) is 38.3 Å². The Labute approximate surface area is 219 Å². The van der Waals surface area contributed by atoms with Gasteiger partial charge in [-0.2, -0.15) is 0 Å². The zero-order valence-corrected chi connectivity index (χ0v) is 24.2. The van der Waals surface area contributed by atoms with Crippen molar-refractivity contribution in [3.05, 3.63) is 57.3 Å². The summed E-state index contributed by atoms with van der Waals surface area (Å²) in [5, 5.41) is 7.16. The van der Waals surface area contributed by atoms with Crippen molar-refractivity contribution in [2.45, 2.75) is 34.8 Å².